The van der Waals surface area contributed by atoms with Gasteiger partial charge < -0.3 is 14.6 Å². The number of hydrogen-bond acceptors (Lipinski definition) is 5. The monoisotopic (exact) mass is 267 g/mol. The Kier molecular flexibility index (Phi) is 5.36. The molecule has 1 aliphatic rings. The predicted molar refractivity (Wildman–Crippen MR) is 73.8 cm³/mol. The van der Waals surface area contributed by atoms with Crippen LogP contribution in [0.5, 0.6) is 0 Å². The molecule has 1 unspecified atom stereocenters. The molecule has 0 spiro atoms. The molecule has 2 rings (SSSR count). The van der Waals surface area contributed by atoms with Crippen molar-refractivity contribution < 1.29 is 9.26 Å². The molecule has 5 nitrogen and oxygen atoms in total. The molecule has 19 heavy (non-hydrogen) atoms. The van der Waals surface area contributed by atoms with Crippen molar-refractivity contribution in [1.29, 1.82) is 0 Å². The summed E-state index contributed by atoms with van der Waals surface area (Å²) in [5.74, 6) is 0.945. The Balaban J connectivity index is 1.88. The zero-order chi connectivity index (χ0) is 13.7. The van der Waals surface area contributed by atoms with Gasteiger partial charge in [0.05, 0.1) is 25.5 Å². The van der Waals surface area contributed by atoms with Gasteiger partial charge in [-0.1, -0.05) is 25.9 Å². The average molecular weight is 267 g/mol. The Hall–Kier alpha value is -0.910. The van der Waals surface area contributed by atoms with Crippen LogP contribution in [-0.2, 0) is 17.8 Å². The number of hydrogen-bond donors (Lipinski definition) is 1. The predicted octanol–water partition coefficient (Wildman–Crippen LogP) is 1.78. The van der Waals surface area contributed by atoms with E-state index in [0.29, 0.717) is 12.1 Å². The van der Waals surface area contributed by atoms with Crippen molar-refractivity contribution >= 4 is 0 Å². The summed E-state index contributed by atoms with van der Waals surface area (Å²) in [5.41, 5.74) is 0.977. The fourth-order valence-electron chi connectivity index (χ4n) is 2.30. The van der Waals surface area contributed by atoms with Gasteiger partial charge in [0.25, 0.3) is 0 Å². The van der Waals surface area contributed by atoms with E-state index in [2.05, 4.69) is 42.2 Å². The maximum Gasteiger partial charge on any atom is 0.151 e. The lowest BCUT2D eigenvalue weighted by molar-refractivity contribution is -0.0160. The van der Waals surface area contributed by atoms with Crippen molar-refractivity contribution in [1.82, 2.24) is 15.4 Å². The number of ether oxygens (including phenoxy) is 1. The summed E-state index contributed by atoms with van der Waals surface area (Å²) in [6.07, 6.45) is 1.11. The first-order chi connectivity index (χ1) is 9.19. The van der Waals surface area contributed by atoms with Crippen LogP contribution >= 0.6 is 0 Å². The van der Waals surface area contributed by atoms with Crippen molar-refractivity contribution in [2.24, 2.45) is 0 Å². The molecule has 1 N–H and O–H groups in total. The van der Waals surface area contributed by atoms with E-state index in [-0.39, 0.29) is 0 Å². The smallest absolute Gasteiger partial charge is 0.151 e. The summed E-state index contributed by atoms with van der Waals surface area (Å²) in [6, 6.07) is 3.01. The molecule has 1 aromatic heterocycles. The quantitative estimate of drug-likeness (QED) is 0.851. The molecule has 1 saturated heterocycles. The zero-order valence-corrected chi connectivity index (χ0v) is 12.2. The zero-order valence-electron chi connectivity index (χ0n) is 12.2. The van der Waals surface area contributed by atoms with E-state index in [0.717, 1.165) is 50.7 Å². The van der Waals surface area contributed by atoms with Gasteiger partial charge in [-0.05, 0) is 6.42 Å². The molecule has 5 heteroatoms. The van der Waals surface area contributed by atoms with Crippen LogP contribution in [-0.4, -0.2) is 41.9 Å². The molecular weight excluding hydrogens is 242 g/mol. The van der Waals surface area contributed by atoms with E-state index in [4.69, 9.17) is 9.26 Å². The fourth-order valence-corrected chi connectivity index (χ4v) is 2.30. The lowest BCUT2D eigenvalue weighted by Crippen LogP contribution is -2.44. The number of nitrogens with one attached hydrogen (secondary N) is 1. The Labute approximate surface area is 115 Å². The van der Waals surface area contributed by atoms with Gasteiger partial charge in [-0.25, -0.2) is 0 Å². The lowest BCUT2D eigenvalue weighted by atomic mass is 10.1. The molecule has 0 radical (unpaired) electrons. The standard InChI is InChI=1S/C14H25N3O2/c1-4-13-10-18-6-5-17(13)9-14-7-12(16-19-14)8-15-11(2)3/h7,11,13,15H,4-6,8-10H2,1-3H3. The molecule has 0 aromatic carbocycles. The van der Waals surface area contributed by atoms with Crippen LogP contribution in [0.25, 0.3) is 0 Å². The molecule has 1 atom stereocenters. The largest absolute Gasteiger partial charge is 0.378 e. The van der Waals surface area contributed by atoms with E-state index < -0.39 is 0 Å². The van der Waals surface area contributed by atoms with Crippen LogP contribution in [0, 0.1) is 0 Å². The van der Waals surface area contributed by atoms with Crippen LogP contribution in [0.4, 0.5) is 0 Å². The van der Waals surface area contributed by atoms with Gasteiger partial charge in [-0.15, -0.1) is 0 Å². The normalized spacial score (nSPS) is 21.2. The van der Waals surface area contributed by atoms with Gasteiger partial charge in [0.2, 0.25) is 0 Å². The maximum absolute atomic E-state index is 5.51. The number of aromatic nitrogens is 1. The minimum atomic E-state index is 0.462. The van der Waals surface area contributed by atoms with Gasteiger partial charge >= 0.3 is 0 Å². The Morgan fingerprint density at radius 3 is 3.11 bits per heavy atom. The Morgan fingerprint density at radius 1 is 1.53 bits per heavy atom. The molecule has 0 amide bonds. The minimum absolute atomic E-state index is 0.462. The second-order valence-electron chi connectivity index (χ2n) is 5.43. The Bertz CT molecular complexity index is 379. The van der Waals surface area contributed by atoms with Crippen LogP contribution in [0.2, 0.25) is 0 Å². The maximum atomic E-state index is 5.51. The Morgan fingerprint density at radius 2 is 2.37 bits per heavy atom. The average Bonchev–Trinajstić information content (AvgIpc) is 2.85. The SMILES string of the molecule is CCC1COCCN1Cc1cc(CNC(C)C)no1. The number of nitrogens with zero attached hydrogens (tertiary/aromatic N) is 2. The lowest BCUT2D eigenvalue weighted by Gasteiger charge is -2.34. The third-order valence-electron chi connectivity index (χ3n) is 3.48. The second-order valence-corrected chi connectivity index (χ2v) is 5.43. The van der Waals surface area contributed by atoms with Gasteiger partial charge in [-0.2, -0.15) is 0 Å². The van der Waals surface area contributed by atoms with E-state index in [9.17, 15) is 0 Å². The van der Waals surface area contributed by atoms with Gasteiger partial charge in [0.1, 0.15) is 0 Å². The highest BCUT2D eigenvalue weighted by molar-refractivity contribution is 5.05. The summed E-state index contributed by atoms with van der Waals surface area (Å²) >= 11 is 0. The van der Waals surface area contributed by atoms with Crippen LogP contribution < -0.4 is 5.32 Å². The summed E-state index contributed by atoms with van der Waals surface area (Å²) < 4.78 is 10.9. The summed E-state index contributed by atoms with van der Waals surface area (Å²) in [7, 11) is 0. The minimum Gasteiger partial charge on any atom is -0.378 e. The van der Waals surface area contributed by atoms with Crippen LogP contribution in [0.15, 0.2) is 10.6 Å². The third-order valence-corrected chi connectivity index (χ3v) is 3.48. The summed E-state index contributed by atoms with van der Waals surface area (Å²) in [6.45, 7) is 10.7. The second kappa shape index (κ2) is 7.03. The van der Waals surface area contributed by atoms with Gasteiger partial charge in [0, 0.05) is 31.2 Å². The molecular formula is C14H25N3O2. The molecule has 0 bridgehead atoms. The third kappa shape index (κ3) is 4.30. The van der Waals surface area contributed by atoms with E-state index in [1.165, 1.54) is 0 Å². The van der Waals surface area contributed by atoms with Crippen LogP contribution in [0.3, 0.4) is 0 Å². The van der Waals surface area contributed by atoms with Crippen molar-refractivity contribution in [3.63, 3.8) is 0 Å². The first-order valence-corrected chi connectivity index (χ1v) is 7.18. The van der Waals surface area contributed by atoms with Crippen molar-refractivity contribution in [3.05, 3.63) is 17.5 Å². The highest BCUT2D eigenvalue weighted by atomic mass is 16.5. The molecule has 1 fully saturated rings. The van der Waals surface area contributed by atoms with Crippen molar-refractivity contribution in [3.8, 4) is 0 Å². The molecule has 108 valence electrons. The van der Waals surface area contributed by atoms with E-state index >= 15 is 0 Å². The fraction of sp³-hybridized carbons (Fsp3) is 0.786. The van der Waals surface area contributed by atoms with E-state index in [1.54, 1.807) is 0 Å². The molecule has 0 saturated carbocycles. The number of rotatable bonds is 6. The van der Waals surface area contributed by atoms with Crippen molar-refractivity contribution in [2.75, 3.05) is 19.8 Å². The highest BCUT2D eigenvalue weighted by Gasteiger charge is 2.22. The molecule has 1 aliphatic heterocycles. The molecule has 0 aliphatic carbocycles. The first kappa shape index (κ1) is 14.5. The van der Waals surface area contributed by atoms with E-state index in [1.807, 2.05) is 0 Å². The number of morpholine rings is 1. The van der Waals surface area contributed by atoms with Gasteiger partial charge in [0.15, 0.2) is 5.76 Å². The summed E-state index contributed by atoms with van der Waals surface area (Å²) in [5, 5.41) is 7.45. The molecule has 2 heterocycles. The summed E-state index contributed by atoms with van der Waals surface area (Å²) in [4.78, 5) is 2.42. The van der Waals surface area contributed by atoms with Gasteiger partial charge in [-0.3, -0.25) is 4.90 Å². The highest BCUT2D eigenvalue weighted by Crippen LogP contribution is 2.15. The van der Waals surface area contributed by atoms with Crippen LogP contribution in [0.1, 0.15) is 38.6 Å². The first-order valence-electron chi connectivity index (χ1n) is 7.18. The van der Waals surface area contributed by atoms with Crippen molar-refractivity contribution in [2.45, 2.75) is 52.4 Å². The molecule has 1 aromatic rings. The topological polar surface area (TPSA) is 50.5 Å².